The highest BCUT2D eigenvalue weighted by Crippen LogP contribution is 2.32. The number of carbonyl (C=O) groups excluding carboxylic acids is 1. The molecule has 0 saturated carbocycles. The number of nitrogens with one attached hydrogen (secondary N) is 1. The molecule has 0 bridgehead atoms. The number of anilines is 1. The summed E-state index contributed by atoms with van der Waals surface area (Å²) in [6.45, 7) is 1.94. The molecule has 0 aliphatic heterocycles. The third kappa shape index (κ3) is 5.36. The molecule has 3 rings (SSSR count). The van der Waals surface area contributed by atoms with Crippen molar-refractivity contribution in [3.8, 4) is 0 Å². The molecule has 2 N–H and O–H groups in total. The number of benzene rings is 2. The minimum Gasteiger partial charge on any atom is -0.465 e. The molecule has 2 aromatic carbocycles. The molecular formula is C23H21F4N3O4. The van der Waals surface area contributed by atoms with E-state index in [9.17, 15) is 31.9 Å². The third-order valence-electron chi connectivity index (χ3n) is 5.34. The molecule has 1 heterocycles. The number of rotatable bonds is 6. The van der Waals surface area contributed by atoms with Gasteiger partial charge in [-0.25, -0.2) is 9.18 Å². The van der Waals surface area contributed by atoms with Gasteiger partial charge in [-0.1, -0.05) is 12.1 Å². The van der Waals surface area contributed by atoms with Gasteiger partial charge >= 0.3 is 12.3 Å². The number of hydrogen-bond acceptors (Lipinski definition) is 3. The summed E-state index contributed by atoms with van der Waals surface area (Å²) in [6.07, 6.45) is -4.84. The number of hydrogen-bond donors (Lipinski definition) is 2. The third-order valence-corrected chi connectivity index (χ3v) is 5.34. The van der Waals surface area contributed by atoms with Gasteiger partial charge in [0.1, 0.15) is 5.82 Å². The number of aryl methyl sites for hydroxylation is 1. The van der Waals surface area contributed by atoms with Crippen molar-refractivity contribution in [2.45, 2.75) is 26.1 Å². The molecule has 180 valence electrons. The quantitative estimate of drug-likeness (QED) is 0.517. The zero-order valence-electron chi connectivity index (χ0n) is 18.2. The average Bonchev–Trinajstić information content (AvgIpc) is 2.74. The Balaban J connectivity index is 1.84. The molecule has 3 aromatic rings. The number of fused-ring (bicyclic) bond motifs is 1. The van der Waals surface area contributed by atoms with Crippen LogP contribution in [0, 0.1) is 12.7 Å². The van der Waals surface area contributed by atoms with Crippen molar-refractivity contribution in [2.75, 3.05) is 18.9 Å². The number of aromatic nitrogens is 1. The molecule has 2 amide bonds. The summed E-state index contributed by atoms with van der Waals surface area (Å²) in [5, 5.41) is 12.3. The summed E-state index contributed by atoms with van der Waals surface area (Å²) >= 11 is 0. The molecule has 0 radical (unpaired) electrons. The van der Waals surface area contributed by atoms with Crippen molar-refractivity contribution in [2.24, 2.45) is 0 Å². The van der Waals surface area contributed by atoms with Gasteiger partial charge in [-0.05, 0) is 42.3 Å². The number of alkyl halides is 3. The van der Waals surface area contributed by atoms with Crippen LogP contribution >= 0.6 is 0 Å². The predicted octanol–water partition coefficient (Wildman–Crippen LogP) is 4.26. The van der Waals surface area contributed by atoms with E-state index in [1.807, 2.05) is 0 Å². The number of nitrogens with zero attached hydrogens (tertiary/aromatic N) is 2. The maximum Gasteiger partial charge on any atom is 0.419 e. The van der Waals surface area contributed by atoms with E-state index < -0.39 is 29.6 Å². The second-order valence-corrected chi connectivity index (χ2v) is 7.77. The fourth-order valence-electron chi connectivity index (χ4n) is 3.44. The van der Waals surface area contributed by atoms with Crippen molar-refractivity contribution < 1.29 is 32.3 Å². The van der Waals surface area contributed by atoms with E-state index in [1.165, 1.54) is 17.8 Å². The lowest BCUT2D eigenvalue weighted by Gasteiger charge is -2.16. The van der Waals surface area contributed by atoms with Crippen LogP contribution in [0.5, 0.6) is 0 Å². The van der Waals surface area contributed by atoms with Crippen molar-refractivity contribution in [3.63, 3.8) is 0 Å². The number of carboxylic acid groups (broad SMARTS) is 1. The molecule has 0 atom stereocenters. The van der Waals surface area contributed by atoms with Gasteiger partial charge in [0.2, 0.25) is 5.91 Å². The molecule has 0 saturated heterocycles. The Morgan fingerprint density at radius 1 is 1.12 bits per heavy atom. The van der Waals surface area contributed by atoms with E-state index in [4.69, 9.17) is 5.11 Å². The fourth-order valence-corrected chi connectivity index (χ4v) is 3.44. The van der Waals surface area contributed by atoms with Crippen LogP contribution in [0.4, 0.5) is 28.0 Å². The zero-order chi connectivity index (χ0) is 25.2. The Morgan fingerprint density at radius 2 is 1.82 bits per heavy atom. The first-order valence-electron chi connectivity index (χ1n) is 10.1. The molecule has 1 aromatic heterocycles. The Hall–Kier alpha value is -3.89. The highest BCUT2D eigenvalue weighted by atomic mass is 19.4. The molecule has 0 aliphatic carbocycles. The maximum absolute atomic E-state index is 13.8. The standard InChI is InChI=1S/C23H21F4N3O4/c1-13-3-5-16-15(7-8-30(21(16)32)10-9-29(2)22(33)34)20(13)28-19(31)12-14-4-6-17(18(24)11-14)23(25,26)27/h3-8,11H,9-10,12H2,1-2H3,(H,28,31)(H,33,34). The van der Waals surface area contributed by atoms with Crippen molar-refractivity contribution in [3.05, 3.63) is 75.5 Å². The van der Waals surface area contributed by atoms with Gasteiger partial charge in [0, 0.05) is 37.1 Å². The first-order chi connectivity index (χ1) is 15.9. The maximum atomic E-state index is 13.8. The van der Waals surface area contributed by atoms with Crippen molar-refractivity contribution in [1.29, 1.82) is 0 Å². The van der Waals surface area contributed by atoms with Gasteiger partial charge in [-0.15, -0.1) is 0 Å². The summed E-state index contributed by atoms with van der Waals surface area (Å²) in [4.78, 5) is 37.4. The Kier molecular flexibility index (Phi) is 6.94. The van der Waals surface area contributed by atoms with E-state index >= 15 is 0 Å². The normalized spacial score (nSPS) is 11.5. The second-order valence-electron chi connectivity index (χ2n) is 7.77. The Morgan fingerprint density at radius 3 is 2.44 bits per heavy atom. The molecule has 34 heavy (non-hydrogen) atoms. The van der Waals surface area contributed by atoms with Crippen LogP contribution in [0.25, 0.3) is 10.8 Å². The minimum atomic E-state index is -4.83. The lowest BCUT2D eigenvalue weighted by molar-refractivity contribution is -0.140. The summed E-state index contributed by atoms with van der Waals surface area (Å²) in [7, 11) is 1.38. The molecule has 0 fully saturated rings. The highest BCUT2D eigenvalue weighted by Gasteiger charge is 2.34. The zero-order valence-corrected chi connectivity index (χ0v) is 18.2. The van der Waals surface area contributed by atoms with Gasteiger partial charge in [0.25, 0.3) is 5.56 Å². The van der Waals surface area contributed by atoms with Crippen LogP contribution in [0.3, 0.4) is 0 Å². The lowest BCUT2D eigenvalue weighted by Crippen LogP contribution is -2.31. The number of amides is 2. The largest absolute Gasteiger partial charge is 0.465 e. The highest BCUT2D eigenvalue weighted by molar-refractivity contribution is 6.03. The number of halogens is 4. The summed E-state index contributed by atoms with van der Waals surface area (Å²) in [5.41, 5.74) is -0.737. The first-order valence-corrected chi connectivity index (χ1v) is 10.1. The van der Waals surface area contributed by atoms with Gasteiger partial charge in [0.05, 0.1) is 17.7 Å². The van der Waals surface area contributed by atoms with Crippen LogP contribution in [0.15, 0.2) is 47.4 Å². The van der Waals surface area contributed by atoms with Gasteiger partial charge < -0.3 is 19.9 Å². The molecule has 0 unspecified atom stereocenters. The lowest BCUT2D eigenvalue weighted by atomic mass is 10.0. The summed E-state index contributed by atoms with van der Waals surface area (Å²) < 4.78 is 53.4. The van der Waals surface area contributed by atoms with E-state index in [-0.39, 0.29) is 30.6 Å². The van der Waals surface area contributed by atoms with Crippen LogP contribution in [0.1, 0.15) is 16.7 Å². The second kappa shape index (κ2) is 9.54. The van der Waals surface area contributed by atoms with E-state index in [0.717, 1.165) is 11.0 Å². The van der Waals surface area contributed by atoms with E-state index in [0.29, 0.717) is 34.2 Å². The van der Waals surface area contributed by atoms with Gasteiger partial charge in [-0.3, -0.25) is 9.59 Å². The Labute approximate surface area is 191 Å². The van der Waals surface area contributed by atoms with Crippen molar-refractivity contribution in [1.82, 2.24) is 9.47 Å². The molecular weight excluding hydrogens is 458 g/mol. The SMILES string of the molecule is Cc1ccc2c(=O)n(CCN(C)C(=O)O)ccc2c1NC(=O)Cc1ccc(C(F)(F)F)c(F)c1. The number of pyridine rings is 1. The summed E-state index contributed by atoms with van der Waals surface area (Å²) in [5.74, 6) is -2.06. The Bertz CT molecular complexity index is 1320. The number of carbonyl (C=O) groups is 2. The molecule has 0 aliphatic rings. The monoisotopic (exact) mass is 479 g/mol. The van der Waals surface area contributed by atoms with Crippen LogP contribution in [0.2, 0.25) is 0 Å². The van der Waals surface area contributed by atoms with Crippen molar-refractivity contribution >= 4 is 28.5 Å². The van der Waals surface area contributed by atoms with E-state index in [1.54, 1.807) is 25.1 Å². The summed E-state index contributed by atoms with van der Waals surface area (Å²) in [6, 6.07) is 7.12. The average molecular weight is 479 g/mol. The van der Waals surface area contributed by atoms with Crippen LogP contribution in [-0.4, -0.2) is 40.2 Å². The molecule has 11 heteroatoms. The topological polar surface area (TPSA) is 91.6 Å². The van der Waals surface area contributed by atoms with Crippen LogP contribution < -0.4 is 10.9 Å². The van der Waals surface area contributed by atoms with Gasteiger partial charge in [0.15, 0.2) is 0 Å². The number of likely N-dealkylation sites (N-methyl/N-ethyl adjacent to an activating group) is 1. The smallest absolute Gasteiger partial charge is 0.419 e. The first kappa shape index (κ1) is 24.7. The fraction of sp³-hybridized carbons (Fsp3) is 0.261. The van der Waals surface area contributed by atoms with Crippen LogP contribution in [-0.2, 0) is 23.9 Å². The van der Waals surface area contributed by atoms with Gasteiger partial charge in [-0.2, -0.15) is 13.2 Å². The van der Waals surface area contributed by atoms with E-state index in [2.05, 4.69) is 5.32 Å². The predicted molar refractivity (Wildman–Crippen MR) is 117 cm³/mol. The molecule has 0 spiro atoms. The minimum absolute atomic E-state index is 0.0609. The molecule has 7 nitrogen and oxygen atoms in total.